The van der Waals surface area contributed by atoms with Crippen LogP contribution in [-0.2, 0) is 14.4 Å². The second-order valence-corrected chi connectivity index (χ2v) is 7.12. The molecule has 0 saturated heterocycles. The summed E-state index contributed by atoms with van der Waals surface area (Å²) in [5, 5.41) is 8.39. The topological polar surface area (TPSA) is 91.7 Å². The van der Waals surface area contributed by atoms with E-state index in [-0.39, 0.29) is 30.8 Å². The number of carbonyl (C=O) groups is 3. The van der Waals surface area contributed by atoms with Gasteiger partial charge >= 0.3 is 0 Å². The van der Waals surface area contributed by atoms with Crippen LogP contribution < -0.4 is 20.9 Å². The Bertz CT molecular complexity index is 665. The monoisotopic (exact) mass is 361 g/mol. The highest BCUT2D eigenvalue weighted by atomic mass is 16.2. The molecule has 0 heterocycles. The fraction of sp³-hybridized carbons (Fsp3) is 0.526. The predicted octanol–water partition coefficient (Wildman–Crippen LogP) is -0.460. The van der Waals surface area contributed by atoms with Crippen LogP contribution in [0.4, 0.5) is 5.69 Å². The molecule has 1 aliphatic carbocycles. The molecule has 0 radical (unpaired) electrons. The van der Waals surface area contributed by atoms with Crippen molar-refractivity contribution in [3.05, 3.63) is 29.3 Å². The fourth-order valence-electron chi connectivity index (χ4n) is 2.65. The van der Waals surface area contributed by atoms with Crippen molar-refractivity contribution >= 4 is 23.4 Å². The van der Waals surface area contributed by atoms with Crippen molar-refractivity contribution in [3.63, 3.8) is 0 Å². The van der Waals surface area contributed by atoms with Gasteiger partial charge in [0.1, 0.15) is 0 Å². The first-order chi connectivity index (χ1) is 12.3. The number of anilines is 1. The summed E-state index contributed by atoms with van der Waals surface area (Å²) in [4.78, 5) is 37.0. The van der Waals surface area contributed by atoms with E-state index in [1.165, 1.54) is 0 Å². The minimum Gasteiger partial charge on any atom is -0.348 e. The molecule has 3 amide bonds. The number of hydrogen-bond donors (Lipinski definition) is 4. The van der Waals surface area contributed by atoms with Gasteiger partial charge in [0.15, 0.2) is 12.6 Å². The van der Waals surface area contributed by atoms with Gasteiger partial charge in [-0.05, 0) is 44.7 Å². The van der Waals surface area contributed by atoms with E-state index in [1.807, 2.05) is 32.0 Å². The van der Waals surface area contributed by atoms with E-state index in [1.54, 1.807) is 14.0 Å². The number of quaternary nitrogens is 1. The summed E-state index contributed by atoms with van der Waals surface area (Å²) in [6.45, 7) is 5.74. The third-order valence-corrected chi connectivity index (χ3v) is 4.68. The number of likely N-dealkylation sites (N-methyl/N-ethyl adjacent to an activating group) is 1. The number of benzene rings is 1. The summed E-state index contributed by atoms with van der Waals surface area (Å²) in [7, 11) is 1.80. The number of aryl methyl sites for hydroxylation is 2. The molecule has 7 nitrogen and oxygen atoms in total. The lowest BCUT2D eigenvalue weighted by atomic mass is 10.1. The zero-order valence-electron chi connectivity index (χ0n) is 15.9. The van der Waals surface area contributed by atoms with Crippen LogP contribution in [0.2, 0.25) is 0 Å². The summed E-state index contributed by atoms with van der Waals surface area (Å²) in [5.74, 6) is -0.567. The second kappa shape index (κ2) is 8.80. The molecule has 1 aromatic rings. The Hall–Kier alpha value is -2.41. The van der Waals surface area contributed by atoms with Gasteiger partial charge in [-0.2, -0.15) is 0 Å². The molecule has 26 heavy (non-hydrogen) atoms. The van der Waals surface area contributed by atoms with E-state index >= 15 is 0 Å². The van der Waals surface area contributed by atoms with Gasteiger partial charge in [0.05, 0.1) is 13.6 Å². The molecular formula is C19H29N4O3+. The van der Waals surface area contributed by atoms with Gasteiger partial charge < -0.3 is 20.9 Å². The number of para-hydroxylation sites is 1. The Kier molecular flexibility index (Phi) is 6.74. The first kappa shape index (κ1) is 19.9. The van der Waals surface area contributed by atoms with Gasteiger partial charge in [-0.1, -0.05) is 18.2 Å². The molecule has 4 N–H and O–H groups in total. The molecule has 7 heteroatoms. The van der Waals surface area contributed by atoms with Crippen LogP contribution >= 0.6 is 0 Å². The SMILES string of the molecule is Cc1cccc(C)c1NC(=O)CNC(=O)[C@@H](C)[NH+](C)CC(=O)NC1CC1. The Morgan fingerprint density at radius 3 is 2.35 bits per heavy atom. The highest BCUT2D eigenvalue weighted by molar-refractivity contribution is 5.96. The number of carbonyl (C=O) groups excluding carboxylic acids is 3. The maximum Gasteiger partial charge on any atom is 0.278 e. The average molecular weight is 361 g/mol. The maximum atomic E-state index is 12.2. The zero-order valence-corrected chi connectivity index (χ0v) is 15.9. The third kappa shape index (κ3) is 5.84. The van der Waals surface area contributed by atoms with Gasteiger partial charge in [-0.15, -0.1) is 0 Å². The van der Waals surface area contributed by atoms with E-state index in [0.717, 1.165) is 34.6 Å². The summed E-state index contributed by atoms with van der Waals surface area (Å²) in [6, 6.07) is 5.67. The molecule has 142 valence electrons. The summed E-state index contributed by atoms with van der Waals surface area (Å²) in [5.41, 5.74) is 2.73. The molecule has 0 bridgehead atoms. The van der Waals surface area contributed by atoms with Crippen LogP contribution in [-0.4, -0.2) is 49.9 Å². The lowest BCUT2D eigenvalue weighted by Crippen LogP contribution is -3.15. The average Bonchev–Trinajstić information content (AvgIpc) is 3.39. The first-order valence-electron chi connectivity index (χ1n) is 9.03. The summed E-state index contributed by atoms with van der Waals surface area (Å²) in [6.07, 6.45) is 2.08. The van der Waals surface area contributed by atoms with E-state index in [4.69, 9.17) is 0 Å². The van der Waals surface area contributed by atoms with Gasteiger partial charge in [0.25, 0.3) is 11.8 Å². The van der Waals surface area contributed by atoms with Crippen LogP contribution in [0.1, 0.15) is 30.9 Å². The number of hydrogen-bond acceptors (Lipinski definition) is 3. The molecule has 1 aromatic carbocycles. The smallest absolute Gasteiger partial charge is 0.278 e. The van der Waals surface area contributed by atoms with Crippen LogP contribution in [0.15, 0.2) is 18.2 Å². The van der Waals surface area contributed by atoms with Crippen LogP contribution in [0, 0.1) is 13.8 Å². The molecule has 1 saturated carbocycles. The Morgan fingerprint density at radius 2 is 1.77 bits per heavy atom. The van der Waals surface area contributed by atoms with E-state index in [2.05, 4.69) is 16.0 Å². The van der Waals surface area contributed by atoms with Gasteiger partial charge in [0, 0.05) is 11.7 Å². The van der Waals surface area contributed by atoms with Gasteiger partial charge in [-0.25, -0.2) is 0 Å². The Balaban J connectivity index is 1.77. The first-order valence-corrected chi connectivity index (χ1v) is 9.03. The standard InChI is InChI=1S/C19H28N4O3/c1-12-6-5-7-13(2)18(12)22-16(24)10-20-19(26)14(3)23(4)11-17(25)21-15-8-9-15/h5-7,14-15H,8-11H2,1-4H3,(H,20,26)(H,21,25)(H,22,24)/p+1/t14-/m1/s1. The highest BCUT2D eigenvalue weighted by Gasteiger charge is 2.28. The predicted molar refractivity (Wildman–Crippen MR) is 99.9 cm³/mol. The van der Waals surface area contributed by atoms with Crippen molar-refractivity contribution in [1.82, 2.24) is 10.6 Å². The fourth-order valence-corrected chi connectivity index (χ4v) is 2.65. The molecule has 0 aromatic heterocycles. The largest absolute Gasteiger partial charge is 0.348 e. The van der Waals surface area contributed by atoms with Crippen molar-refractivity contribution in [2.24, 2.45) is 0 Å². The molecule has 1 aliphatic rings. The minimum atomic E-state index is -0.423. The minimum absolute atomic E-state index is 0.0441. The highest BCUT2D eigenvalue weighted by Crippen LogP contribution is 2.19. The van der Waals surface area contributed by atoms with Gasteiger partial charge in [0.2, 0.25) is 5.91 Å². The van der Waals surface area contributed by atoms with E-state index in [9.17, 15) is 14.4 Å². The molecule has 0 spiro atoms. The van der Waals surface area contributed by atoms with Crippen molar-refractivity contribution < 1.29 is 19.3 Å². The quantitative estimate of drug-likeness (QED) is 0.505. The third-order valence-electron chi connectivity index (χ3n) is 4.68. The summed E-state index contributed by atoms with van der Waals surface area (Å²) < 4.78 is 0. The molecule has 1 unspecified atom stereocenters. The van der Waals surface area contributed by atoms with E-state index < -0.39 is 6.04 Å². The number of rotatable bonds is 8. The van der Waals surface area contributed by atoms with Crippen molar-refractivity contribution in [3.8, 4) is 0 Å². The van der Waals surface area contributed by atoms with Gasteiger partial charge in [-0.3, -0.25) is 14.4 Å². The molecular weight excluding hydrogens is 332 g/mol. The molecule has 2 atom stereocenters. The molecule has 2 rings (SSSR count). The molecule has 0 aliphatic heterocycles. The number of nitrogens with one attached hydrogen (secondary N) is 4. The van der Waals surface area contributed by atoms with Crippen LogP contribution in [0.25, 0.3) is 0 Å². The molecule has 1 fully saturated rings. The van der Waals surface area contributed by atoms with E-state index in [0.29, 0.717) is 6.04 Å². The van der Waals surface area contributed by atoms with Crippen molar-refractivity contribution in [1.29, 1.82) is 0 Å². The lowest BCUT2D eigenvalue weighted by molar-refractivity contribution is -0.886. The lowest BCUT2D eigenvalue weighted by Gasteiger charge is -2.20. The second-order valence-electron chi connectivity index (χ2n) is 7.12. The zero-order chi connectivity index (χ0) is 19.3. The van der Waals surface area contributed by atoms with Crippen LogP contribution in [0.5, 0.6) is 0 Å². The van der Waals surface area contributed by atoms with Crippen molar-refractivity contribution in [2.75, 3.05) is 25.5 Å². The summed E-state index contributed by atoms with van der Waals surface area (Å²) >= 11 is 0. The number of amides is 3. The normalized spacial score (nSPS) is 15.7. The van der Waals surface area contributed by atoms with Crippen LogP contribution in [0.3, 0.4) is 0 Å². The Labute approximate surface area is 154 Å². The Morgan fingerprint density at radius 1 is 1.15 bits per heavy atom. The maximum absolute atomic E-state index is 12.2. The van der Waals surface area contributed by atoms with Crippen molar-refractivity contribution in [2.45, 2.75) is 45.7 Å².